The summed E-state index contributed by atoms with van der Waals surface area (Å²) in [4.78, 5) is 0. The maximum absolute atomic E-state index is 10.4. The Labute approximate surface area is 95.3 Å². The van der Waals surface area contributed by atoms with Gasteiger partial charge in [0, 0.05) is 0 Å². The normalized spacial score (nSPS) is 32.2. The van der Waals surface area contributed by atoms with E-state index in [1.165, 1.54) is 32.1 Å². The van der Waals surface area contributed by atoms with E-state index in [0.29, 0.717) is 0 Å². The first-order chi connectivity index (χ1) is 7.06. The molecule has 0 saturated heterocycles. The van der Waals surface area contributed by atoms with Gasteiger partial charge in [0.1, 0.15) is 0 Å². The molecule has 0 aliphatic heterocycles. The van der Waals surface area contributed by atoms with Crippen molar-refractivity contribution in [3.05, 3.63) is 0 Å². The van der Waals surface area contributed by atoms with Crippen molar-refractivity contribution in [3.8, 4) is 0 Å². The molecule has 1 aliphatic carbocycles. The molecule has 0 bridgehead atoms. The Balaban J connectivity index is 2.22. The van der Waals surface area contributed by atoms with Crippen LogP contribution in [0.15, 0.2) is 0 Å². The second kappa shape index (κ2) is 5.89. The summed E-state index contributed by atoms with van der Waals surface area (Å²) in [6.45, 7) is 6.80. The van der Waals surface area contributed by atoms with Crippen molar-refractivity contribution in [2.24, 2.45) is 11.8 Å². The molecule has 0 atom stereocenters. The van der Waals surface area contributed by atoms with Gasteiger partial charge >= 0.3 is 0 Å². The highest BCUT2D eigenvalue weighted by molar-refractivity contribution is 4.85. The highest BCUT2D eigenvalue weighted by Gasteiger charge is 2.31. The first kappa shape index (κ1) is 13.0. The zero-order chi connectivity index (χ0) is 11.3. The van der Waals surface area contributed by atoms with Crippen molar-refractivity contribution in [1.29, 1.82) is 0 Å². The van der Waals surface area contributed by atoms with Gasteiger partial charge in [-0.1, -0.05) is 40.0 Å². The molecule has 1 rings (SSSR count). The standard InChI is InChI=1S/C14H28O/c1-4-13-7-10-14(15,11-8-13)9-5-6-12(2)3/h12-13,15H,4-11H2,1-3H3. The Hall–Kier alpha value is -0.0400. The van der Waals surface area contributed by atoms with E-state index in [1.54, 1.807) is 0 Å². The molecule has 0 aromatic rings. The van der Waals surface area contributed by atoms with E-state index in [2.05, 4.69) is 20.8 Å². The lowest BCUT2D eigenvalue weighted by atomic mass is 9.75. The van der Waals surface area contributed by atoms with Crippen LogP contribution in [-0.2, 0) is 0 Å². The van der Waals surface area contributed by atoms with Crippen molar-refractivity contribution < 1.29 is 5.11 Å². The van der Waals surface area contributed by atoms with Crippen LogP contribution in [-0.4, -0.2) is 10.7 Å². The van der Waals surface area contributed by atoms with Crippen LogP contribution in [0.4, 0.5) is 0 Å². The Morgan fingerprint density at radius 1 is 1.27 bits per heavy atom. The van der Waals surface area contributed by atoms with Gasteiger partial charge in [-0.2, -0.15) is 0 Å². The summed E-state index contributed by atoms with van der Waals surface area (Å²) in [6, 6.07) is 0. The molecule has 90 valence electrons. The predicted octanol–water partition coefficient (Wildman–Crippen LogP) is 4.14. The van der Waals surface area contributed by atoms with E-state index in [0.717, 1.165) is 31.1 Å². The van der Waals surface area contributed by atoms with Crippen LogP contribution in [0.1, 0.15) is 72.1 Å². The molecule has 1 saturated carbocycles. The molecule has 1 nitrogen and oxygen atoms in total. The Morgan fingerprint density at radius 2 is 1.87 bits per heavy atom. The summed E-state index contributed by atoms with van der Waals surface area (Å²) in [7, 11) is 0. The smallest absolute Gasteiger partial charge is 0.0648 e. The zero-order valence-corrected chi connectivity index (χ0v) is 10.8. The molecule has 0 aromatic heterocycles. The minimum absolute atomic E-state index is 0.305. The third-order valence-electron chi connectivity index (χ3n) is 4.04. The maximum atomic E-state index is 10.4. The molecule has 0 heterocycles. The monoisotopic (exact) mass is 212 g/mol. The van der Waals surface area contributed by atoms with Gasteiger partial charge in [0.15, 0.2) is 0 Å². The highest BCUT2D eigenvalue weighted by atomic mass is 16.3. The van der Waals surface area contributed by atoms with Crippen LogP contribution in [0.3, 0.4) is 0 Å². The third-order valence-corrected chi connectivity index (χ3v) is 4.04. The lowest BCUT2D eigenvalue weighted by molar-refractivity contribution is -0.0192. The van der Waals surface area contributed by atoms with Gasteiger partial charge in [0.2, 0.25) is 0 Å². The van der Waals surface area contributed by atoms with Gasteiger partial charge in [0.25, 0.3) is 0 Å². The lowest BCUT2D eigenvalue weighted by Gasteiger charge is -2.36. The number of hydrogen-bond donors (Lipinski definition) is 1. The van der Waals surface area contributed by atoms with Gasteiger partial charge in [-0.25, -0.2) is 0 Å². The van der Waals surface area contributed by atoms with E-state index >= 15 is 0 Å². The highest BCUT2D eigenvalue weighted by Crippen LogP contribution is 2.36. The molecule has 0 aromatic carbocycles. The molecule has 1 fully saturated rings. The summed E-state index contributed by atoms with van der Waals surface area (Å²) < 4.78 is 0. The quantitative estimate of drug-likeness (QED) is 0.726. The summed E-state index contributed by atoms with van der Waals surface area (Å²) in [5.41, 5.74) is -0.305. The number of rotatable bonds is 5. The Kier molecular flexibility index (Phi) is 5.11. The van der Waals surface area contributed by atoms with E-state index in [-0.39, 0.29) is 5.60 Å². The third kappa shape index (κ3) is 4.55. The summed E-state index contributed by atoms with van der Waals surface area (Å²) >= 11 is 0. The molecule has 1 aliphatic rings. The molecular formula is C14H28O. The van der Waals surface area contributed by atoms with Gasteiger partial charge in [0.05, 0.1) is 5.60 Å². The Morgan fingerprint density at radius 3 is 2.33 bits per heavy atom. The SMILES string of the molecule is CCC1CCC(O)(CCCC(C)C)CC1. The average Bonchev–Trinajstić information content (AvgIpc) is 2.18. The molecule has 1 N–H and O–H groups in total. The van der Waals surface area contributed by atoms with Crippen LogP contribution < -0.4 is 0 Å². The fraction of sp³-hybridized carbons (Fsp3) is 1.00. The topological polar surface area (TPSA) is 20.2 Å². The van der Waals surface area contributed by atoms with Crippen molar-refractivity contribution in [2.75, 3.05) is 0 Å². The number of aliphatic hydroxyl groups is 1. The van der Waals surface area contributed by atoms with Gasteiger partial charge < -0.3 is 5.11 Å². The molecular weight excluding hydrogens is 184 g/mol. The summed E-state index contributed by atoms with van der Waals surface area (Å²) in [5.74, 6) is 1.66. The van der Waals surface area contributed by atoms with E-state index in [4.69, 9.17) is 0 Å². The van der Waals surface area contributed by atoms with Gasteiger partial charge in [-0.15, -0.1) is 0 Å². The second-order valence-corrected chi connectivity index (χ2v) is 5.86. The minimum Gasteiger partial charge on any atom is -0.390 e. The zero-order valence-electron chi connectivity index (χ0n) is 10.8. The first-order valence-electron chi connectivity index (χ1n) is 6.78. The number of hydrogen-bond acceptors (Lipinski definition) is 1. The molecule has 1 heteroatoms. The van der Waals surface area contributed by atoms with Crippen molar-refractivity contribution in [1.82, 2.24) is 0 Å². The van der Waals surface area contributed by atoms with E-state index in [1.807, 2.05) is 0 Å². The minimum atomic E-state index is -0.305. The van der Waals surface area contributed by atoms with Crippen molar-refractivity contribution in [3.63, 3.8) is 0 Å². The lowest BCUT2D eigenvalue weighted by Crippen LogP contribution is -2.33. The van der Waals surface area contributed by atoms with Crippen molar-refractivity contribution >= 4 is 0 Å². The van der Waals surface area contributed by atoms with Crippen LogP contribution in [0.5, 0.6) is 0 Å². The fourth-order valence-electron chi connectivity index (χ4n) is 2.71. The van der Waals surface area contributed by atoms with Crippen LogP contribution in [0.25, 0.3) is 0 Å². The van der Waals surface area contributed by atoms with E-state index < -0.39 is 0 Å². The van der Waals surface area contributed by atoms with Crippen LogP contribution in [0, 0.1) is 11.8 Å². The average molecular weight is 212 g/mol. The molecule has 0 amide bonds. The maximum Gasteiger partial charge on any atom is 0.0648 e. The van der Waals surface area contributed by atoms with Crippen LogP contribution >= 0.6 is 0 Å². The fourth-order valence-corrected chi connectivity index (χ4v) is 2.71. The molecule has 0 spiro atoms. The summed E-state index contributed by atoms with van der Waals surface area (Å²) in [5, 5.41) is 10.4. The predicted molar refractivity (Wildman–Crippen MR) is 65.9 cm³/mol. The summed E-state index contributed by atoms with van der Waals surface area (Å²) in [6.07, 6.45) is 9.37. The van der Waals surface area contributed by atoms with Gasteiger partial charge in [-0.05, 0) is 43.9 Å². The molecule has 0 radical (unpaired) electrons. The largest absolute Gasteiger partial charge is 0.390 e. The van der Waals surface area contributed by atoms with Crippen LogP contribution in [0.2, 0.25) is 0 Å². The van der Waals surface area contributed by atoms with Crippen molar-refractivity contribution in [2.45, 2.75) is 77.7 Å². The van der Waals surface area contributed by atoms with E-state index in [9.17, 15) is 5.11 Å². The van der Waals surface area contributed by atoms with Gasteiger partial charge in [-0.3, -0.25) is 0 Å². The molecule has 15 heavy (non-hydrogen) atoms. The first-order valence-corrected chi connectivity index (χ1v) is 6.78. The Bertz CT molecular complexity index is 166. The second-order valence-electron chi connectivity index (χ2n) is 5.86. The molecule has 0 unspecified atom stereocenters.